The van der Waals surface area contributed by atoms with Crippen molar-refractivity contribution in [1.29, 1.82) is 0 Å². The van der Waals surface area contributed by atoms with Crippen molar-refractivity contribution in [2.24, 2.45) is 5.92 Å². The molecule has 0 unspecified atom stereocenters. The molecule has 17 heavy (non-hydrogen) atoms. The van der Waals surface area contributed by atoms with E-state index < -0.39 is 6.67 Å². The summed E-state index contributed by atoms with van der Waals surface area (Å²) in [4.78, 5) is 0. The van der Waals surface area contributed by atoms with Crippen molar-refractivity contribution in [2.75, 3.05) is 25.0 Å². The maximum atomic E-state index is 12.4. The fraction of sp³-hybridized carbons (Fsp3) is 0.538. The van der Waals surface area contributed by atoms with Crippen LogP contribution in [0.2, 0.25) is 5.02 Å². The number of halogens is 2. The van der Waals surface area contributed by atoms with Gasteiger partial charge in [0.2, 0.25) is 0 Å². The molecule has 94 valence electrons. The molecule has 0 aromatic heterocycles. The molecule has 1 aliphatic heterocycles. The van der Waals surface area contributed by atoms with E-state index in [1.165, 1.54) is 12.8 Å². The predicted molar refractivity (Wildman–Crippen MR) is 70.3 cm³/mol. The van der Waals surface area contributed by atoms with Gasteiger partial charge in [-0.05, 0) is 49.5 Å². The zero-order chi connectivity index (χ0) is 12.1. The summed E-state index contributed by atoms with van der Waals surface area (Å²) in [5.41, 5.74) is 1.53. The summed E-state index contributed by atoms with van der Waals surface area (Å²) in [6, 6.07) is 5.32. The average molecular weight is 257 g/mol. The number of piperidine rings is 1. The maximum Gasteiger partial charge on any atom is 0.115 e. The summed E-state index contributed by atoms with van der Waals surface area (Å²) < 4.78 is 12.4. The van der Waals surface area contributed by atoms with Gasteiger partial charge in [-0.1, -0.05) is 17.7 Å². The fourth-order valence-electron chi connectivity index (χ4n) is 2.13. The molecule has 1 aromatic rings. The Kier molecular flexibility index (Phi) is 4.63. The lowest BCUT2D eigenvalue weighted by Gasteiger charge is -2.23. The van der Waals surface area contributed by atoms with Gasteiger partial charge in [-0.3, -0.25) is 0 Å². The van der Waals surface area contributed by atoms with Crippen LogP contribution in [0.5, 0.6) is 0 Å². The average Bonchev–Trinajstić information content (AvgIpc) is 2.38. The topological polar surface area (TPSA) is 24.1 Å². The minimum absolute atomic E-state index is 0.464. The highest BCUT2D eigenvalue weighted by molar-refractivity contribution is 6.33. The number of benzene rings is 1. The number of hydrogen-bond donors (Lipinski definition) is 2. The first-order valence-corrected chi connectivity index (χ1v) is 6.46. The standard InChI is InChI=1S/C13H18ClFN2/c14-12-7-11(8-15)1-2-13(12)17-9-10-3-5-16-6-4-10/h1-2,7,10,16-17H,3-6,8-9H2. The summed E-state index contributed by atoms with van der Waals surface area (Å²) in [5, 5.41) is 7.30. The molecule has 2 nitrogen and oxygen atoms in total. The Morgan fingerprint density at radius 2 is 2.12 bits per heavy atom. The third-order valence-electron chi connectivity index (χ3n) is 3.23. The normalized spacial score (nSPS) is 17.1. The molecule has 4 heteroatoms. The van der Waals surface area contributed by atoms with Crippen LogP contribution in [0.4, 0.5) is 10.1 Å². The molecule has 0 amide bonds. The number of hydrogen-bond acceptors (Lipinski definition) is 2. The molecule has 1 aromatic carbocycles. The second-order valence-corrected chi connectivity index (χ2v) is 4.93. The molecular formula is C13H18ClFN2. The lowest BCUT2D eigenvalue weighted by atomic mass is 9.98. The van der Waals surface area contributed by atoms with Gasteiger partial charge in [0.05, 0.1) is 10.7 Å². The quantitative estimate of drug-likeness (QED) is 0.864. The van der Waals surface area contributed by atoms with Crippen molar-refractivity contribution in [3.63, 3.8) is 0 Å². The van der Waals surface area contributed by atoms with Crippen LogP contribution in [0.15, 0.2) is 18.2 Å². The van der Waals surface area contributed by atoms with E-state index in [2.05, 4.69) is 10.6 Å². The van der Waals surface area contributed by atoms with E-state index in [1.807, 2.05) is 6.07 Å². The lowest BCUT2D eigenvalue weighted by Crippen LogP contribution is -2.31. The van der Waals surface area contributed by atoms with Crippen LogP contribution in [0.1, 0.15) is 18.4 Å². The Morgan fingerprint density at radius 3 is 2.76 bits per heavy atom. The summed E-state index contributed by atoms with van der Waals surface area (Å²) in [7, 11) is 0. The van der Waals surface area contributed by atoms with Gasteiger partial charge < -0.3 is 10.6 Å². The highest BCUT2D eigenvalue weighted by atomic mass is 35.5. The molecule has 1 aliphatic rings. The summed E-state index contributed by atoms with van der Waals surface area (Å²) >= 11 is 6.08. The smallest absolute Gasteiger partial charge is 0.115 e. The van der Waals surface area contributed by atoms with E-state index in [0.29, 0.717) is 16.5 Å². The first-order chi connectivity index (χ1) is 8.29. The molecule has 2 N–H and O–H groups in total. The van der Waals surface area contributed by atoms with Crippen LogP contribution >= 0.6 is 11.6 Å². The molecular weight excluding hydrogens is 239 g/mol. The van der Waals surface area contributed by atoms with E-state index >= 15 is 0 Å². The number of rotatable bonds is 4. The minimum atomic E-state index is -0.464. The molecule has 1 saturated heterocycles. The van der Waals surface area contributed by atoms with Crippen molar-refractivity contribution in [3.05, 3.63) is 28.8 Å². The van der Waals surface area contributed by atoms with Crippen molar-refractivity contribution in [1.82, 2.24) is 5.32 Å². The van der Waals surface area contributed by atoms with Crippen molar-refractivity contribution < 1.29 is 4.39 Å². The van der Waals surface area contributed by atoms with E-state index in [9.17, 15) is 4.39 Å². The van der Waals surface area contributed by atoms with Crippen LogP contribution in [0.3, 0.4) is 0 Å². The Hall–Kier alpha value is -0.800. The van der Waals surface area contributed by atoms with Gasteiger partial charge in [0.15, 0.2) is 0 Å². The molecule has 0 aliphatic carbocycles. The Bertz CT molecular complexity index is 364. The monoisotopic (exact) mass is 256 g/mol. The fourth-order valence-corrected chi connectivity index (χ4v) is 2.40. The van der Waals surface area contributed by atoms with Gasteiger partial charge in [0.25, 0.3) is 0 Å². The summed E-state index contributed by atoms with van der Waals surface area (Å²) in [6.45, 7) is 2.67. The van der Waals surface area contributed by atoms with Gasteiger partial charge in [0, 0.05) is 6.54 Å². The molecule has 0 saturated carbocycles. The van der Waals surface area contributed by atoms with Gasteiger partial charge in [-0.15, -0.1) is 0 Å². The van der Waals surface area contributed by atoms with Crippen molar-refractivity contribution in [2.45, 2.75) is 19.5 Å². The second-order valence-electron chi connectivity index (χ2n) is 4.52. The summed E-state index contributed by atoms with van der Waals surface area (Å²) in [5.74, 6) is 0.702. The molecule has 2 rings (SSSR count). The Balaban J connectivity index is 1.89. The Morgan fingerprint density at radius 1 is 1.35 bits per heavy atom. The largest absolute Gasteiger partial charge is 0.384 e. The van der Waals surface area contributed by atoms with Gasteiger partial charge in [0.1, 0.15) is 6.67 Å². The van der Waals surface area contributed by atoms with Crippen LogP contribution in [0.25, 0.3) is 0 Å². The summed E-state index contributed by atoms with van der Waals surface area (Å²) in [6.07, 6.45) is 2.40. The van der Waals surface area contributed by atoms with Gasteiger partial charge >= 0.3 is 0 Å². The second kappa shape index (κ2) is 6.22. The highest BCUT2D eigenvalue weighted by Crippen LogP contribution is 2.24. The van der Waals surface area contributed by atoms with E-state index in [0.717, 1.165) is 25.3 Å². The van der Waals surface area contributed by atoms with Gasteiger partial charge in [-0.2, -0.15) is 0 Å². The molecule has 0 radical (unpaired) electrons. The third-order valence-corrected chi connectivity index (χ3v) is 3.54. The van der Waals surface area contributed by atoms with Gasteiger partial charge in [-0.25, -0.2) is 4.39 Å². The molecule has 0 spiro atoms. The number of nitrogens with one attached hydrogen (secondary N) is 2. The molecule has 1 fully saturated rings. The van der Waals surface area contributed by atoms with E-state index in [4.69, 9.17) is 11.6 Å². The van der Waals surface area contributed by atoms with Crippen LogP contribution in [-0.2, 0) is 6.67 Å². The zero-order valence-electron chi connectivity index (χ0n) is 9.81. The highest BCUT2D eigenvalue weighted by Gasteiger charge is 2.13. The number of alkyl halides is 1. The van der Waals surface area contributed by atoms with Crippen LogP contribution in [0, 0.1) is 5.92 Å². The first-order valence-electron chi connectivity index (χ1n) is 6.08. The van der Waals surface area contributed by atoms with E-state index in [1.54, 1.807) is 12.1 Å². The maximum absolute atomic E-state index is 12.4. The first kappa shape index (κ1) is 12.7. The molecule has 0 bridgehead atoms. The predicted octanol–water partition coefficient (Wildman–Crippen LogP) is 3.22. The third kappa shape index (κ3) is 3.58. The van der Waals surface area contributed by atoms with Crippen molar-refractivity contribution >= 4 is 17.3 Å². The molecule has 0 atom stereocenters. The number of anilines is 1. The zero-order valence-corrected chi connectivity index (χ0v) is 10.6. The van der Waals surface area contributed by atoms with Crippen LogP contribution in [-0.4, -0.2) is 19.6 Å². The molecule has 1 heterocycles. The lowest BCUT2D eigenvalue weighted by molar-refractivity contribution is 0.390. The minimum Gasteiger partial charge on any atom is -0.384 e. The van der Waals surface area contributed by atoms with Crippen LogP contribution < -0.4 is 10.6 Å². The Labute approximate surface area is 107 Å². The SMILES string of the molecule is FCc1ccc(NCC2CCNCC2)c(Cl)c1. The van der Waals surface area contributed by atoms with E-state index in [-0.39, 0.29) is 0 Å². The van der Waals surface area contributed by atoms with Crippen molar-refractivity contribution in [3.8, 4) is 0 Å².